The molecule has 52 heavy (non-hydrogen) atoms. The van der Waals surface area contributed by atoms with Gasteiger partial charge in [0.15, 0.2) is 0 Å². The summed E-state index contributed by atoms with van der Waals surface area (Å²) in [5.74, 6) is 0.429. The molecule has 0 spiro atoms. The van der Waals surface area contributed by atoms with Gasteiger partial charge in [0, 0.05) is 54.6 Å². The molecule has 2 atom stereocenters. The molecule has 0 aliphatic carbocycles. The molecule has 7 aromatic rings. The zero-order valence-corrected chi connectivity index (χ0v) is 29.8. The number of hydrogen-bond donors (Lipinski definition) is 1. The van der Waals surface area contributed by atoms with Crippen molar-refractivity contribution >= 4 is 60.0 Å². The summed E-state index contributed by atoms with van der Waals surface area (Å²) >= 11 is 0. The molecule has 3 aromatic carbocycles. The number of aromatic nitrogens is 3. The molecule has 0 saturated carbocycles. The number of furan rings is 1. The van der Waals surface area contributed by atoms with Crippen molar-refractivity contribution in [2.24, 2.45) is 0 Å². The van der Waals surface area contributed by atoms with Gasteiger partial charge in [-0.1, -0.05) is 35.9 Å². The van der Waals surface area contributed by atoms with Crippen LogP contribution in [-0.2, 0) is 21.3 Å². The smallest absolute Gasteiger partial charge is 0.255 e. The molecule has 2 aliphatic heterocycles. The zero-order chi connectivity index (χ0) is 36.1. The van der Waals surface area contributed by atoms with Crippen molar-refractivity contribution in [3.8, 4) is 22.6 Å². The van der Waals surface area contributed by atoms with Crippen molar-refractivity contribution < 1.29 is 26.8 Å². The molecular formula is C39H35FN6O5S. The van der Waals surface area contributed by atoms with Crippen molar-refractivity contribution in [1.29, 1.82) is 0 Å². The maximum absolute atomic E-state index is 15.3. The van der Waals surface area contributed by atoms with Crippen LogP contribution in [0.5, 0.6) is 0 Å². The van der Waals surface area contributed by atoms with Gasteiger partial charge in [-0.3, -0.25) is 18.4 Å². The van der Waals surface area contributed by atoms with Gasteiger partial charge in [0.1, 0.15) is 28.5 Å². The van der Waals surface area contributed by atoms with Gasteiger partial charge in [-0.2, -0.15) is 0 Å². The van der Waals surface area contributed by atoms with Crippen molar-refractivity contribution in [2.45, 2.75) is 32.0 Å². The summed E-state index contributed by atoms with van der Waals surface area (Å²) in [6, 6.07) is 21.8. The van der Waals surface area contributed by atoms with E-state index in [-0.39, 0.29) is 17.8 Å². The third-order valence-electron chi connectivity index (χ3n) is 10.5. The predicted molar refractivity (Wildman–Crippen MR) is 199 cm³/mol. The molecule has 2 aliphatic rings. The maximum Gasteiger partial charge on any atom is 0.255 e. The van der Waals surface area contributed by atoms with Crippen LogP contribution in [0.25, 0.3) is 61.0 Å². The highest BCUT2D eigenvalue weighted by Gasteiger charge is 2.39. The van der Waals surface area contributed by atoms with Crippen LogP contribution in [-0.4, -0.2) is 79.2 Å². The van der Waals surface area contributed by atoms with Gasteiger partial charge >= 0.3 is 0 Å². The van der Waals surface area contributed by atoms with E-state index in [1.54, 1.807) is 37.4 Å². The Balaban J connectivity index is 1.29. The molecular weight excluding hydrogens is 684 g/mol. The van der Waals surface area contributed by atoms with Gasteiger partial charge < -0.3 is 14.5 Å². The lowest BCUT2D eigenvalue weighted by Gasteiger charge is -2.26. The minimum Gasteiger partial charge on any atom is -0.455 e. The minimum absolute atomic E-state index is 0.215. The number of benzene rings is 3. The lowest BCUT2D eigenvalue weighted by atomic mass is 10.00. The number of fused-ring (bicyclic) bond motifs is 8. The fourth-order valence-corrected chi connectivity index (χ4v) is 8.22. The van der Waals surface area contributed by atoms with E-state index in [9.17, 15) is 13.2 Å². The summed E-state index contributed by atoms with van der Waals surface area (Å²) in [5, 5.41) is 3.68. The van der Waals surface area contributed by atoms with Gasteiger partial charge in [0.2, 0.25) is 10.0 Å². The molecule has 0 radical (unpaired) electrons. The number of carbonyl (C=O) groups is 1. The van der Waals surface area contributed by atoms with Gasteiger partial charge in [0.25, 0.3) is 5.91 Å². The van der Waals surface area contributed by atoms with Gasteiger partial charge in [-0.25, -0.2) is 22.8 Å². The topological polar surface area (TPSA) is 122 Å². The van der Waals surface area contributed by atoms with Crippen LogP contribution < -0.4 is 9.62 Å². The standard InChI is InChI=1S/C39H35FN6O5S/c1-21-8-10-22(11-9-21)38-36(39(47)41-2)27-15-26(32(17-34(27)51-38)44(3)52(4,48)49)29-12-13-30-37(43-29)33-16-25-28(40)6-5-7-31(25)46(33)35(42-30)19-45-18-24-14-23(45)20-50-24/h5-13,15-17,23-24H,14,18-20H2,1-4H3,(H,41,47). The third-order valence-corrected chi connectivity index (χ3v) is 11.7. The molecule has 2 saturated heterocycles. The van der Waals surface area contributed by atoms with Crippen LogP contribution in [0.2, 0.25) is 0 Å². The second-order valence-corrected chi connectivity index (χ2v) is 15.8. The fraction of sp³-hybridized carbons (Fsp3) is 0.256. The Kier molecular flexibility index (Phi) is 7.40. The molecule has 4 aromatic heterocycles. The molecule has 2 fully saturated rings. The van der Waals surface area contributed by atoms with E-state index in [0.29, 0.717) is 91.4 Å². The molecule has 1 N–H and O–H groups in total. The Morgan fingerprint density at radius 3 is 2.56 bits per heavy atom. The van der Waals surface area contributed by atoms with Crippen molar-refractivity contribution in [2.75, 3.05) is 37.8 Å². The van der Waals surface area contributed by atoms with E-state index in [0.717, 1.165) is 30.6 Å². The highest BCUT2D eigenvalue weighted by atomic mass is 32.2. The first-order chi connectivity index (χ1) is 25.0. The first-order valence-electron chi connectivity index (χ1n) is 17.1. The SMILES string of the molecule is CNC(=O)c1c(-c2ccc(C)cc2)oc2cc(N(C)S(C)(=O)=O)c(-c3ccc4nc(CN5CC6CC5CO6)n5c6cccc(F)c6cc5c4n3)cc12. The Labute approximate surface area is 298 Å². The molecule has 2 bridgehead atoms. The molecule has 9 rings (SSSR count). The molecule has 11 nitrogen and oxygen atoms in total. The number of rotatable bonds is 7. The lowest BCUT2D eigenvalue weighted by molar-refractivity contribution is 0.0262. The van der Waals surface area contributed by atoms with E-state index in [2.05, 4.69) is 10.2 Å². The van der Waals surface area contributed by atoms with E-state index in [4.69, 9.17) is 19.1 Å². The Morgan fingerprint density at radius 1 is 1.04 bits per heavy atom. The van der Waals surface area contributed by atoms with Crippen LogP contribution in [0.15, 0.2) is 77.2 Å². The number of nitrogens with one attached hydrogen (secondary N) is 1. The van der Waals surface area contributed by atoms with Crippen LogP contribution >= 0.6 is 0 Å². The zero-order valence-electron chi connectivity index (χ0n) is 29.0. The number of aryl methyl sites for hydroxylation is 1. The molecule has 2 unspecified atom stereocenters. The number of sulfonamides is 1. The van der Waals surface area contributed by atoms with Crippen LogP contribution in [0.4, 0.5) is 10.1 Å². The van der Waals surface area contributed by atoms with Crippen molar-refractivity contribution in [3.05, 3.63) is 95.6 Å². The first-order valence-corrected chi connectivity index (χ1v) is 18.9. The Hall–Kier alpha value is -5.37. The average molecular weight is 719 g/mol. The predicted octanol–water partition coefficient (Wildman–Crippen LogP) is 6.29. The third kappa shape index (κ3) is 5.13. The summed E-state index contributed by atoms with van der Waals surface area (Å²) in [5.41, 5.74) is 6.13. The second-order valence-electron chi connectivity index (χ2n) is 13.8. The summed E-state index contributed by atoms with van der Waals surface area (Å²) in [4.78, 5) is 26.0. The lowest BCUT2D eigenvalue weighted by Crippen LogP contribution is -2.37. The number of likely N-dealkylation sites (tertiary alicyclic amines) is 1. The van der Waals surface area contributed by atoms with Crippen LogP contribution in [0.3, 0.4) is 0 Å². The summed E-state index contributed by atoms with van der Waals surface area (Å²) < 4.78 is 56.7. The fourth-order valence-electron chi connectivity index (χ4n) is 7.71. The average Bonchev–Trinajstić information content (AvgIpc) is 3.93. The van der Waals surface area contributed by atoms with Crippen molar-refractivity contribution in [3.63, 3.8) is 0 Å². The highest BCUT2D eigenvalue weighted by Crippen LogP contribution is 2.42. The van der Waals surface area contributed by atoms with Gasteiger partial charge in [-0.05, 0) is 49.7 Å². The monoisotopic (exact) mass is 718 g/mol. The largest absolute Gasteiger partial charge is 0.455 e. The van der Waals surface area contributed by atoms with Gasteiger partial charge in [0.05, 0.1) is 59.0 Å². The number of ether oxygens (including phenoxy) is 1. The summed E-state index contributed by atoms with van der Waals surface area (Å²) in [7, 11) is -0.724. The maximum atomic E-state index is 15.3. The van der Waals surface area contributed by atoms with E-state index in [1.165, 1.54) is 17.4 Å². The van der Waals surface area contributed by atoms with Gasteiger partial charge in [-0.15, -0.1) is 0 Å². The Bertz CT molecular complexity index is 2720. The molecule has 13 heteroatoms. The number of halogens is 1. The highest BCUT2D eigenvalue weighted by molar-refractivity contribution is 7.92. The molecule has 1 amide bonds. The number of nitrogens with zero attached hydrogens (tertiary/aromatic N) is 5. The quantitative estimate of drug-likeness (QED) is 0.204. The van der Waals surface area contributed by atoms with E-state index in [1.807, 2.05) is 47.7 Å². The van der Waals surface area contributed by atoms with E-state index >= 15 is 4.39 Å². The normalized spacial score (nSPS) is 17.6. The minimum atomic E-state index is -3.74. The Morgan fingerprint density at radius 2 is 1.85 bits per heavy atom. The summed E-state index contributed by atoms with van der Waals surface area (Å²) in [6.07, 6.45) is 2.33. The number of amides is 1. The van der Waals surface area contributed by atoms with Crippen LogP contribution in [0.1, 0.15) is 28.2 Å². The number of pyridine rings is 1. The molecule has 6 heterocycles. The number of anilines is 1. The number of carbonyl (C=O) groups excluding carboxylic acids is 1. The second kappa shape index (κ2) is 11.8. The van der Waals surface area contributed by atoms with Crippen LogP contribution in [0, 0.1) is 12.7 Å². The first kappa shape index (κ1) is 32.5. The van der Waals surface area contributed by atoms with Crippen molar-refractivity contribution in [1.82, 2.24) is 24.6 Å². The number of morpholine rings is 1. The molecule has 264 valence electrons. The van der Waals surface area contributed by atoms with E-state index < -0.39 is 10.0 Å². The summed E-state index contributed by atoms with van der Waals surface area (Å²) in [6.45, 7) is 4.03. The number of hydrogen-bond acceptors (Lipinski definition) is 8.